The van der Waals surface area contributed by atoms with Crippen LogP contribution in [-0.4, -0.2) is 26.0 Å². The molecule has 0 aliphatic rings. The first-order valence-corrected chi connectivity index (χ1v) is 7.46. The number of rotatable bonds is 6. The maximum absolute atomic E-state index is 11.8. The average molecular weight is 327 g/mol. The lowest BCUT2D eigenvalue weighted by Gasteiger charge is -2.10. The summed E-state index contributed by atoms with van der Waals surface area (Å²) >= 11 is 0. The van der Waals surface area contributed by atoms with Crippen LogP contribution in [-0.2, 0) is 11.3 Å². The van der Waals surface area contributed by atoms with Gasteiger partial charge < -0.3 is 14.8 Å². The Kier molecular flexibility index (Phi) is 6.33. The minimum Gasteiger partial charge on any atom is -0.496 e. The minimum absolute atomic E-state index is 0.397. The molecule has 0 radical (unpaired) electrons. The first kappa shape index (κ1) is 17.5. The summed E-state index contributed by atoms with van der Waals surface area (Å²) in [4.78, 5) is 11.8. The lowest BCUT2D eigenvalue weighted by molar-refractivity contribution is 0.181. The average Bonchev–Trinajstić information content (AvgIpc) is 2.61. The van der Waals surface area contributed by atoms with E-state index in [1.807, 2.05) is 43.3 Å². The molecule has 2 rings (SSSR count). The molecule has 0 aliphatic heterocycles. The molecule has 24 heavy (non-hydrogen) atoms. The van der Waals surface area contributed by atoms with E-state index in [4.69, 9.17) is 9.47 Å². The molecule has 126 valence electrons. The van der Waals surface area contributed by atoms with E-state index in [2.05, 4.69) is 15.8 Å². The van der Waals surface area contributed by atoms with Gasteiger partial charge in [0.25, 0.3) is 0 Å². The monoisotopic (exact) mass is 327 g/mol. The topological polar surface area (TPSA) is 72.0 Å². The highest BCUT2D eigenvalue weighted by Gasteiger charge is 2.07. The SMILES string of the molecule is COCc1cc(/C(C)=N\NC(=O)Nc2ccccc2)ccc1OC. The lowest BCUT2D eigenvalue weighted by atomic mass is 10.1. The first-order chi connectivity index (χ1) is 11.6. The Balaban J connectivity index is 2.04. The standard InChI is InChI=1S/C18H21N3O3/c1-13(14-9-10-17(24-3)15(11-14)12-23-2)20-21-18(22)19-16-7-5-4-6-8-16/h4-11H,12H2,1-3H3,(H2,19,21,22)/b20-13-. The molecule has 0 saturated carbocycles. The van der Waals surface area contributed by atoms with Crippen LogP contribution in [0, 0.1) is 0 Å². The molecule has 0 unspecified atom stereocenters. The quantitative estimate of drug-likeness (QED) is 0.631. The lowest BCUT2D eigenvalue weighted by Crippen LogP contribution is -2.25. The van der Waals surface area contributed by atoms with Gasteiger partial charge in [-0.1, -0.05) is 18.2 Å². The summed E-state index contributed by atoms with van der Waals surface area (Å²) in [5.74, 6) is 0.753. The van der Waals surface area contributed by atoms with Crippen molar-refractivity contribution < 1.29 is 14.3 Å². The second kappa shape index (κ2) is 8.69. The van der Waals surface area contributed by atoms with E-state index >= 15 is 0 Å². The fourth-order valence-corrected chi connectivity index (χ4v) is 2.15. The van der Waals surface area contributed by atoms with Crippen molar-refractivity contribution in [3.63, 3.8) is 0 Å². The molecular weight excluding hydrogens is 306 g/mol. The molecular formula is C18H21N3O3. The fraction of sp³-hybridized carbons (Fsp3) is 0.222. The molecule has 2 N–H and O–H groups in total. The summed E-state index contributed by atoms with van der Waals surface area (Å²) in [5.41, 5.74) is 5.66. The van der Waals surface area contributed by atoms with Crippen LogP contribution in [0.2, 0.25) is 0 Å². The van der Waals surface area contributed by atoms with Gasteiger partial charge in [-0.05, 0) is 42.8 Å². The number of hydrazone groups is 1. The summed E-state index contributed by atoms with van der Waals surface area (Å²) in [7, 11) is 3.24. The third-order valence-electron chi connectivity index (χ3n) is 3.35. The van der Waals surface area contributed by atoms with Gasteiger partial charge in [-0.25, -0.2) is 10.2 Å². The zero-order valence-corrected chi connectivity index (χ0v) is 14.0. The van der Waals surface area contributed by atoms with Crippen molar-refractivity contribution in [2.75, 3.05) is 19.5 Å². The Hall–Kier alpha value is -2.86. The van der Waals surface area contributed by atoms with Gasteiger partial charge in [-0.15, -0.1) is 0 Å². The van der Waals surface area contributed by atoms with Crippen LogP contribution in [0.1, 0.15) is 18.1 Å². The highest BCUT2D eigenvalue weighted by Crippen LogP contribution is 2.21. The molecule has 6 nitrogen and oxygen atoms in total. The highest BCUT2D eigenvalue weighted by atomic mass is 16.5. The number of nitrogens with one attached hydrogen (secondary N) is 2. The van der Waals surface area contributed by atoms with E-state index in [1.54, 1.807) is 26.4 Å². The zero-order valence-electron chi connectivity index (χ0n) is 14.0. The van der Waals surface area contributed by atoms with Crippen LogP contribution in [0.15, 0.2) is 53.6 Å². The van der Waals surface area contributed by atoms with Crippen molar-refractivity contribution in [1.82, 2.24) is 5.43 Å². The van der Waals surface area contributed by atoms with Crippen molar-refractivity contribution in [3.8, 4) is 5.75 Å². The number of carbonyl (C=O) groups excluding carboxylic acids is 1. The Bertz CT molecular complexity index is 715. The second-order valence-corrected chi connectivity index (χ2v) is 5.09. The number of anilines is 1. The second-order valence-electron chi connectivity index (χ2n) is 5.09. The summed E-state index contributed by atoms with van der Waals surface area (Å²) in [6, 6.07) is 14.4. The van der Waals surface area contributed by atoms with E-state index in [0.717, 1.165) is 16.9 Å². The Morgan fingerprint density at radius 1 is 1.12 bits per heavy atom. The van der Waals surface area contributed by atoms with Gasteiger partial charge in [0.1, 0.15) is 5.75 Å². The van der Waals surface area contributed by atoms with E-state index in [1.165, 1.54) is 0 Å². The Labute approximate surface area is 141 Å². The Morgan fingerprint density at radius 3 is 2.54 bits per heavy atom. The third-order valence-corrected chi connectivity index (χ3v) is 3.35. The maximum Gasteiger partial charge on any atom is 0.339 e. The van der Waals surface area contributed by atoms with Crippen LogP contribution in [0.3, 0.4) is 0 Å². The van der Waals surface area contributed by atoms with Crippen LogP contribution in [0.25, 0.3) is 0 Å². The summed E-state index contributed by atoms with van der Waals surface area (Å²) < 4.78 is 10.5. The Morgan fingerprint density at radius 2 is 1.88 bits per heavy atom. The smallest absolute Gasteiger partial charge is 0.339 e. The van der Waals surface area contributed by atoms with Crippen molar-refractivity contribution in [2.24, 2.45) is 5.10 Å². The van der Waals surface area contributed by atoms with Gasteiger partial charge in [0.2, 0.25) is 0 Å². The molecule has 0 heterocycles. The molecule has 0 spiro atoms. The number of hydrogen-bond acceptors (Lipinski definition) is 4. The van der Waals surface area contributed by atoms with Gasteiger partial charge in [-0.3, -0.25) is 0 Å². The van der Waals surface area contributed by atoms with E-state index in [0.29, 0.717) is 18.0 Å². The molecule has 0 aromatic heterocycles. The van der Waals surface area contributed by atoms with Gasteiger partial charge in [-0.2, -0.15) is 5.10 Å². The van der Waals surface area contributed by atoms with Crippen molar-refractivity contribution in [2.45, 2.75) is 13.5 Å². The van der Waals surface area contributed by atoms with Gasteiger partial charge in [0.05, 0.1) is 19.4 Å². The number of urea groups is 1. The van der Waals surface area contributed by atoms with Gasteiger partial charge in [0, 0.05) is 18.4 Å². The van der Waals surface area contributed by atoms with E-state index < -0.39 is 6.03 Å². The van der Waals surface area contributed by atoms with E-state index in [9.17, 15) is 4.79 Å². The minimum atomic E-state index is -0.397. The van der Waals surface area contributed by atoms with Crippen LogP contribution in [0.4, 0.5) is 10.5 Å². The molecule has 2 aromatic carbocycles. The number of benzene rings is 2. The van der Waals surface area contributed by atoms with Crippen LogP contribution >= 0.6 is 0 Å². The van der Waals surface area contributed by atoms with E-state index in [-0.39, 0.29) is 0 Å². The molecule has 0 aliphatic carbocycles. The molecule has 2 aromatic rings. The number of methoxy groups -OCH3 is 2. The van der Waals surface area contributed by atoms with Gasteiger partial charge in [0.15, 0.2) is 0 Å². The van der Waals surface area contributed by atoms with Crippen molar-refractivity contribution >= 4 is 17.4 Å². The van der Waals surface area contributed by atoms with Crippen molar-refractivity contribution in [3.05, 3.63) is 59.7 Å². The summed E-state index contributed by atoms with van der Waals surface area (Å²) in [6.45, 7) is 2.26. The first-order valence-electron chi connectivity index (χ1n) is 7.46. The highest BCUT2D eigenvalue weighted by molar-refractivity contribution is 6.00. The molecule has 0 fully saturated rings. The van der Waals surface area contributed by atoms with Gasteiger partial charge >= 0.3 is 6.03 Å². The third kappa shape index (κ3) is 4.82. The fourth-order valence-electron chi connectivity index (χ4n) is 2.15. The molecule has 0 atom stereocenters. The predicted molar refractivity (Wildman–Crippen MR) is 94.5 cm³/mol. The summed E-state index contributed by atoms with van der Waals surface area (Å²) in [5, 5.41) is 6.82. The molecule has 0 saturated heterocycles. The largest absolute Gasteiger partial charge is 0.496 e. The molecule has 6 heteroatoms. The van der Waals surface area contributed by atoms with Crippen molar-refractivity contribution in [1.29, 1.82) is 0 Å². The summed E-state index contributed by atoms with van der Waals surface area (Å²) in [6.07, 6.45) is 0. The molecule has 0 bridgehead atoms. The number of hydrogen-bond donors (Lipinski definition) is 2. The van der Waals surface area contributed by atoms with Crippen LogP contribution < -0.4 is 15.5 Å². The number of amides is 2. The number of para-hydroxylation sites is 1. The predicted octanol–water partition coefficient (Wildman–Crippen LogP) is 3.39. The number of ether oxygens (including phenoxy) is 2. The zero-order chi connectivity index (χ0) is 17.4. The van der Waals surface area contributed by atoms with Crippen LogP contribution in [0.5, 0.6) is 5.75 Å². The normalized spacial score (nSPS) is 11.0. The number of nitrogens with zero attached hydrogens (tertiary/aromatic N) is 1. The molecule has 2 amide bonds. The maximum atomic E-state index is 11.8. The number of carbonyl (C=O) groups is 1.